The molecule has 2 heterocycles. The number of hydrogen-bond acceptors (Lipinski definition) is 4. The number of nitrogens with zero attached hydrogens (tertiary/aromatic N) is 2. The number of nitrogens with one attached hydrogen (secondary N) is 1. The number of hydrogen-bond donors (Lipinski definition) is 1. The first-order valence-corrected chi connectivity index (χ1v) is 9.46. The van der Waals surface area contributed by atoms with Gasteiger partial charge in [-0.05, 0) is 48.2 Å². The van der Waals surface area contributed by atoms with Crippen molar-refractivity contribution in [2.45, 2.75) is 19.4 Å². The number of amides is 1. The van der Waals surface area contributed by atoms with Gasteiger partial charge in [0.1, 0.15) is 5.75 Å². The molecule has 142 valence electrons. The number of pyridine rings is 1. The van der Waals surface area contributed by atoms with Gasteiger partial charge in [-0.25, -0.2) is 0 Å². The summed E-state index contributed by atoms with van der Waals surface area (Å²) < 4.78 is 5.18. The van der Waals surface area contributed by atoms with E-state index in [0.29, 0.717) is 12.1 Å². The number of benzene rings is 2. The third-order valence-corrected chi connectivity index (χ3v) is 5.00. The fourth-order valence-electron chi connectivity index (χ4n) is 3.50. The monoisotopic (exact) mass is 373 g/mol. The van der Waals surface area contributed by atoms with Gasteiger partial charge in [0.05, 0.1) is 18.4 Å². The van der Waals surface area contributed by atoms with Crippen LogP contribution in [0.2, 0.25) is 0 Å². The van der Waals surface area contributed by atoms with E-state index in [0.717, 1.165) is 42.1 Å². The van der Waals surface area contributed by atoms with E-state index in [9.17, 15) is 4.79 Å². The maximum absolute atomic E-state index is 13.1. The van der Waals surface area contributed by atoms with Crippen molar-refractivity contribution < 1.29 is 9.53 Å². The molecule has 1 amide bonds. The first-order valence-electron chi connectivity index (χ1n) is 9.46. The number of fused-ring (bicyclic) bond motifs is 1. The minimum Gasteiger partial charge on any atom is -0.497 e. The van der Waals surface area contributed by atoms with Gasteiger partial charge in [0.2, 0.25) is 0 Å². The fourth-order valence-corrected chi connectivity index (χ4v) is 3.50. The third kappa shape index (κ3) is 3.83. The molecule has 1 N–H and O–H groups in total. The Morgan fingerprint density at radius 3 is 2.79 bits per heavy atom. The van der Waals surface area contributed by atoms with Gasteiger partial charge >= 0.3 is 0 Å². The second kappa shape index (κ2) is 8.13. The first kappa shape index (κ1) is 18.0. The molecule has 3 aromatic rings. The number of ether oxygens (including phenoxy) is 1. The molecular formula is C23H23N3O2. The van der Waals surface area contributed by atoms with E-state index in [1.165, 1.54) is 5.56 Å². The molecule has 0 bridgehead atoms. The van der Waals surface area contributed by atoms with Gasteiger partial charge in [-0.1, -0.05) is 30.3 Å². The first-order chi connectivity index (χ1) is 13.7. The Kier molecular flexibility index (Phi) is 5.24. The zero-order chi connectivity index (χ0) is 19.3. The second-order valence-electron chi connectivity index (χ2n) is 6.85. The number of methoxy groups -OCH3 is 1. The van der Waals surface area contributed by atoms with E-state index >= 15 is 0 Å². The molecular weight excluding hydrogens is 350 g/mol. The minimum atomic E-state index is -0.00672. The van der Waals surface area contributed by atoms with Gasteiger partial charge in [0, 0.05) is 31.2 Å². The van der Waals surface area contributed by atoms with Crippen molar-refractivity contribution in [3.8, 4) is 5.75 Å². The Balaban J connectivity index is 1.48. The molecule has 4 rings (SSSR count). The molecule has 0 unspecified atom stereocenters. The summed E-state index contributed by atoms with van der Waals surface area (Å²) in [5.41, 5.74) is 4.78. The number of carbonyl (C=O) groups excluding carboxylic acids is 1. The van der Waals surface area contributed by atoms with Crippen molar-refractivity contribution in [2.24, 2.45) is 0 Å². The number of carbonyl (C=O) groups is 1. The van der Waals surface area contributed by atoms with Crippen molar-refractivity contribution in [1.82, 2.24) is 4.98 Å². The van der Waals surface area contributed by atoms with Crippen molar-refractivity contribution in [3.05, 3.63) is 83.7 Å². The van der Waals surface area contributed by atoms with Crippen LogP contribution in [-0.4, -0.2) is 24.5 Å². The van der Waals surface area contributed by atoms with Crippen LogP contribution in [0.1, 0.15) is 27.9 Å². The van der Waals surface area contributed by atoms with Crippen molar-refractivity contribution in [3.63, 3.8) is 0 Å². The van der Waals surface area contributed by atoms with Crippen molar-refractivity contribution in [1.29, 1.82) is 0 Å². The third-order valence-electron chi connectivity index (χ3n) is 5.00. The SMILES string of the molecule is COc1ccc(CNc2cncc(C(=O)N3CCCc4ccccc43)c2)cc1. The Hall–Kier alpha value is -3.34. The predicted octanol–water partition coefficient (Wildman–Crippen LogP) is 4.30. The molecule has 28 heavy (non-hydrogen) atoms. The summed E-state index contributed by atoms with van der Waals surface area (Å²) in [5.74, 6) is 0.826. The lowest BCUT2D eigenvalue weighted by molar-refractivity contribution is 0.0985. The molecule has 5 nitrogen and oxygen atoms in total. The van der Waals surface area contributed by atoms with Crippen LogP contribution in [0.4, 0.5) is 11.4 Å². The van der Waals surface area contributed by atoms with Crippen LogP contribution >= 0.6 is 0 Å². The number of aromatic nitrogens is 1. The molecule has 1 aliphatic heterocycles. The number of para-hydroxylation sites is 1. The summed E-state index contributed by atoms with van der Waals surface area (Å²) >= 11 is 0. The Labute approximate surface area is 165 Å². The molecule has 0 atom stereocenters. The van der Waals surface area contributed by atoms with Gasteiger partial charge in [0.25, 0.3) is 5.91 Å². The van der Waals surface area contributed by atoms with Gasteiger partial charge in [-0.3, -0.25) is 9.78 Å². The zero-order valence-electron chi connectivity index (χ0n) is 15.9. The molecule has 2 aromatic carbocycles. The van der Waals surface area contributed by atoms with Gasteiger partial charge in [-0.2, -0.15) is 0 Å². The normalized spacial score (nSPS) is 13.0. The molecule has 0 saturated carbocycles. The van der Waals surface area contributed by atoms with Gasteiger partial charge in [-0.15, -0.1) is 0 Å². The van der Waals surface area contributed by atoms with Gasteiger partial charge in [0.15, 0.2) is 0 Å². The molecule has 1 aliphatic rings. The molecule has 5 heteroatoms. The standard InChI is InChI=1S/C23H23N3O2/c1-28-21-10-8-17(9-11-21)14-25-20-13-19(15-24-16-20)23(27)26-12-4-6-18-5-2-3-7-22(18)26/h2-3,5,7-11,13,15-16,25H,4,6,12,14H2,1H3. The molecule has 1 aromatic heterocycles. The Morgan fingerprint density at radius 2 is 1.96 bits per heavy atom. The highest BCUT2D eigenvalue weighted by atomic mass is 16.5. The van der Waals surface area contributed by atoms with E-state index in [1.54, 1.807) is 19.5 Å². The molecule has 0 spiro atoms. The van der Waals surface area contributed by atoms with Crippen LogP contribution in [0.3, 0.4) is 0 Å². The zero-order valence-corrected chi connectivity index (χ0v) is 15.9. The van der Waals surface area contributed by atoms with E-state index in [2.05, 4.69) is 16.4 Å². The maximum Gasteiger partial charge on any atom is 0.259 e. The summed E-state index contributed by atoms with van der Waals surface area (Å²) in [6.45, 7) is 1.38. The summed E-state index contributed by atoms with van der Waals surface area (Å²) in [4.78, 5) is 19.2. The van der Waals surface area contributed by atoms with E-state index in [4.69, 9.17) is 4.74 Å². The van der Waals surface area contributed by atoms with Crippen LogP contribution in [-0.2, 0) is 13.0 Å². The smallest absolute Gasteiger partial charge is 0.259 e. The van der Waals surface area contributed by atoms with Crippen LogP contribution in [0.5, 0.6) is 5.75 Å². The predicted molar refractivity (Wildman–Crippen MR) is 111 cm³/mol. The summed E-state index contributed by atoms with van der Waals surface area (Å²) in [7, 11) is 1.65. The number of rotatable bonds is 5. The van der Waals surface area contributed by atoms with Crippen LogP contribution in [0.15, 0.2) is 67.0 Å². The Bertz CT molecular complexity index is 970. The Morgan fingerprint density at radius 1 is 1.14 bits per heavy atom. The van der Waals surface area contributed by atoms with Crippen LogP contribution < -0.4 is 15.0 Å². The minimum absolute atomic E-state index is 0.00672. The number of anilines is 2. The molecule has 0 saturated heterocycles. The molecule has 0 radical (unpaired) electrons. The highest BCUT2D eigenvalue weighted by Gasteiger charge is 2.23. The lowest BCUT2D eigenvalue weighted by Crippen LogP contribution is -2.35. The van der Waals surface area contributed by atoms with Crippen LogP contribution in [0, 0.1) is 0 Å². The highest BCUT2D eigenvalue weighted by Crippen LogP contribution is 2.28. The quantitative estimate of drug-likeness (QED) is 0.725. The highest BCUT2D eigenvalue weighted by molar-refractivity contribution is 6.07. The number of aryl methyl sites for hydroxylation is 1. The maximum atomic E-state index is 13.1. The molecule has 0 aliphatic carbocycles. The topological polar surface area (TPSA) is 54.5 Å². The van der Waals surface area contributed by atoms with E-state index in [1.807, 2.05) is 53.4 Å². The fraction of sp³-hybridized carbons (Fsp3) is 0.217. The average Bonchev–Trinajstić information content (AvgIpc) is 2.77. The molecule has 0 fully saturated rings. The van der Waals surface area contributed by atoms with Crippen molar-refractivity contribution >= 4 is 17.3 Å². The lowest BCUT2D eigenvalue weighted by atomic mass is 10.0. The van der Waals surface area contributed by atoms with Gasteiger partial charge < -0.3 is 15.0 Å². The average molecular weight is 373 g/mol. The summed E-state index contributed by atoms with van der Waals surface area (Å²) in [5, 5.41) is 3.34. The summed E-state index contributed by atoms with van der Waals surface area (Å²) in [6.07, 6.45) is 5.37. The summed E-state index contributed by atoms with van der Waals surface area (Å²) in [6, 6.07) is 17.9. The van der Waals surface area contributed by atoms with E-state index in [-0.39, 0.29) is 5.91 Å². The van der Waals surface area contributed by atoms with Crippen molar-refractivity contribution in [2.75, 3.05) is 23.9 Å². The largest absolute Gasteiger partial charge is 0.497 e. The lowest BCUT2D eigenvalue weighted by Gasteiger charge is -2.29. The second-order valence-corrected chi connectivity index (χ2v) is 6.85. The van der Waals surface area contributed by atoms with E-state index < -0.39 is 0 Å². The van der Waals surface area contributed by atoms with Crippen LogP contribution in [0.25, 0.3) is 0 Å².